The summed E-state index contributed by atoms with van der Waals surface area (Å²) in [6.07, 6.45) is 7.47. The van der Waals surface area contributed by atoms with Crippen molar-refractivity contribution in [2.24, 2.45) is 5.92 Å². The zero-order valence-electron chi connectivity index (χ0n) is 21.0. The lowest BCUT2D eigenvalue weighted by Crippen LogP contribution is -2.78. The number of amides is 1. The van der Waals surface area contributed by atoms with Gasteiger partial charge in [0.1, 0.15) is 6.10 Å². The molecule has 2 aromatic carbocycles. The second-order valence-electron chi connectivity index (χ2n) is 11.6. The van der Waals surface area contributed by atoms with Crippen LogP contribution >= 0.6 is 0 Å². The molecule has 2 heterocycles. The van der Waals surface area contributed by atoms with Crippen LogP contribution in [0.25, 0.3) is 6.08 Å². The molecule has 2 aliphatic heterocycles. The number of likely N-dealkylation sites (tertiary alicyclic amines) is 1. The molecule has 1 saturated heterocycles. The van der Waals surface area contributed by atoms with E-state index in [4.69, 9.17) is 4.74 Å². The molecule has 0 radical (unpaired) electrons. The lowest BCUT2D eigenvalue weighted by Gasteiger charge is -2.64. The van der Waals surface area contributed by atoms with Gasteiger partial charge < -0.3 is 20.3 Å². The number of rotatable bonds is 6. The Balaban J connectivity index is 1.19. The number of hydrogen-bond donors (Lipinski definition) is 3. The lowest BCUT2D eigenvalue weighted by atomic mass is 9.48. The Hall–Kier alpha value is -3.43. The Kier molecular flexibility index (Phi) is 5.16. The number of aliphatic hydroxyl groups is 1. The Bertz CT molecular complexity index is 1370. The van der Waals surface area contributed by atoms with Gasteiger partial charge in [0.15, 0.2) is 11.5 Å². The Morgan fingerprint density at radius 2 is 2.08 bits per heavy atom. The third-order valence-electron chi connectivity index (χ3n) is 9.60. The van der Waals surface area contributed by atoms with E-state index in [2.05, 4.69) is 10.2 Å². The van der Waals surface area contributed by atoms with Crippen LogP contribution in [-0.2, 0) is 16.6 Å². The second kappa shape index (κ2) is 8.28. The summed E-state index contributed by atoms with van der Waals surface area (Å²) in [6.45, 7) is 1.86. The van der Waals surface area contributed by atoms with Crippen LogP contribution < -0.4 is 10.1 Å². The van der Waals surface area contributed by atoms with Crippen LogP contribution in [0.4, 0.5) is 5.69 Å². The van der Waals surface area contributed by atoms with Crippen LogP contribution in [0.1, 0.15) is 48.8 Å². The first-order chi connectivity index (χ1) is 18.3. The van der Waals surface area contributed by atoms with Crippen molar-refractivity contribution in [1.29, 1.82) is 0 Å². The van der Waals surface area contributed by atoms with Crippen molar-refractivity contribution < 1.29 is 24.7 Å². The van der Waals surface area contributed by atoms with E-state index in [0.717, 1.165) is 30.6 Å². The Labute approximate surface area is 220 Å². The summed E-state index contributed by atoms with van der Waals surface area (Å²) < 4.78 is 6.48. The van der Waals surface area contributed by atoms with Crippen molar-refractivity contribution in [3.05, 3.63) is 69.3 Å². The number of ether oxygens (including phenoxy) is 1. The zero-order chi connectivity index (χ0) is 26.2. The maximum absolute atomic E-state index is 13.0. The average Bonchev–Trinajstić information content (AvgIpc) is 3.64. The van der Waals surface area contributed by atoms with E-state index in [1.807, 2.05) is 6.07 Å². The summed E-state index contributed by atoms with van der Waals surface area (Å²) in [5.74, 6) is 0.914. The highest BCUT2D eigenvalue weighted by molar-refractivity contribution is 5.92. The van der Waals surface area contributed by atoms with E-state index < -0.39 is 22.0 Å². The number of benzene rings is 2. The van der Waals surface area contributed by atoms with Gasteiger partial charge in [-0.05, 0) is 74.3 Å². The summed E-state index contributed by atoms with van der Waals surface area (Å²) in [5, 5.41) is 37.4. The van der Waals surface area contributed by atoms with Gasteiger partial charge in [0, 0.05) is 36.4 Å². The molecule has 1 amide bonds. The zero-order valence-corrected chi connectivity index (χ0v) is 21.0. The number of hydrogen-bond acceptors (Lipinski definition) is 7. The third-order valence-corrected chi connectivity index (χ3v) is 9.60. The fourth-order valence-electron chi connectivity index (χ4n) is 7.77. The van der Waals surface area contributed by atoms with E-state index >= 15 is 0 Å². The predicted molar refractivity (Wildman–Crippen MR) is 139 cm³/mol. The summed E-state index contributed by atoms with van der Waals surface area (Å²) in [4.78, 5) is 26.1. The van der Waals surface area contributed by atoms with Gasteiger partial charge in [-0.15, -0.1) is 0 Å². The van der Waals surface area contributed by atoms with Gasteiger partial charge in [0.2, 0.25) is 5.91 Å². The molecule has 38 heavy (non-hydrogen) atoms. The SMILES string of the molecule is O=C(/C=C/c1cccc([N+](=O)[O-])c1)N[C@@H]1CC[C@@]2(O)[C@H]3Cc4ccc(O)c5c4[C@@]2(CCN3CC2CC2)[C@H]1O5. The van der Waals surface area contributed by atoms with Crippen molar-refractivity contribution in [2.75, 3.05) is 13.1 Å². The highest BCUT2D eigenvalue weighted by Gasteiger charge is 2.73. The molecule has 9 heteroatoms. The molecule has 0 unspecified atom stereocenters. The summed E-state index contributed by atoms with van der Waals surface area (Å²) in [5.41, 5.74) is 0.872. The predicted octanol–water partition coefficient (Wildman–Crippen LogP) is 3.06. The largest absolute Gasteiger partial charge is 0.504 e. The molecule has 3 N–H and O–H groups in total. The average molecular weight is 518 g/mol. The number of carbonyl (C=O) groups is 1. The smallest absolute Gasteiger partial charge is 0.270 e. The van der Waals surface area contributed by atoms with Gasteiger partial charge in [-0.1, -0.05) is 18.2 Å². The van der Waals surface area contributed by atoms with E-state index in [1.54, 1.807) is 24.3 Å². The number of nitro benzene ring substituents is 1. The minimum atomic E-state index is -1.00. The molecule has 7 rings (SSSR count). The summed E-state index contributed by atoms with van der Waals surface area (Å²) in [6, 6.07) is 9.40. The fourth-order valence-corrected chi connectivity index (χ4v) is 7.77. The van der Waals surface area contributed by atoms with Crippen molar-refractivity contribution in [2.45, 2.75) is 67.7 Å². The molecule has 5 atom stereocenters. The van der Waals surface area contributed by atoms with Crippen molar-refractivity contribution in [1.82, 2.24) is 10.2 Å². The molecule has 2 bridgehead atoms. The van der Waals surface area contributed by atoms with Crippen molar-refractivity contribution >= 4 is 17.7 Å². The van der Waals surface area contributed by atoms with Crippen LogP contribution in [-0.4, -0.2) is 62.8 Å². The van der Waals surface area contributed by atoms with Crippen LogP contribution in [0.5, 0.6) is 11.5 Å². The van der Waals surface area contributed by atoms with Crippen LogP contribution in [0, 0.1) is 16.0 Å². The lowest BCUT2D eigenvalue weighted by molar-refractivity contribution is -0.384. The molecule has 3 fully saturated rings. The van der Waals surface area contributed by atoms with E-state index in [-0.39, 0.29) is 29.4 Å². The van der Waals surface area contributed by atoms with Crippen molar-refractivity contribution in [3.8, 4) is 11.5 Å². The fraction of sp³-hybridized carbons (Fsp3) is 0.483. The van der Waals surface area contributed by atoms with Gasteiger partial charge in [-0.2, -0.15) is 0 Å². The minimum Gasteiger partial charge on any atom is -0.504 e. The molecule has 198 valence electrons. The molecular weight excluding hydrogens is 486 g/mol. The molecule has 9 nitrogen and oxygen atoms in total. The number of aromatic hydroxyl groups is 1. The monoisotopic (exact) mass is 517 g/mol. The van der Waals surface area contributed by atoms with Crippen LogP contribution in [0.2, 0.25) is 0 Å². The topological polar surface area (TPSA) is 125 Å². The summed E-state index contributed by atoms with van der Waals surface area (Å²) in [7, 11) is 0. The Morgan fingerprint density at radius 1 is 1.24 bits per heavy atom. The number of non-ortho nitro benzene ring substituents is 1. The molecule has 3 aliphatic carbocycles. The minimum absolute atomic E-state index is 0.0173. The van der Waals surface area contributed by atoms with Crippen LogP contribution in [0.3, 0.4) is 0 Å². The number of carbonyl (C=O) groups excluding carboxylic acids is 1. The first kappa shape index (κ1) is 23.7. The van der Waals surface area contributed by atoms with Gasteiger partial charge in [-0.25, -0.2) is 0 Å². The first-order valence-electron chi connectivity index (χ1n) is 13.5. The molecule has 2 aromatic rings. The maximum atomic E-state index is 13.0. The molecule has 2 saturated carbocycles. The van der Waals surface area contributed by atoms with Gasteiger partial charge in [0.05, 0.1) is 22.0 Å². The number of piperidine rings is 1. The summed E-state index contributed by atoms with van der Waals surface area (Å²) >= 11 is 0. The number of phenols is 1. The van der Waals surface area contributed by atoms with Gasteiger partial charge >= 0.3 is 0 Å². The number of nitro groups is 1. The number of phenolic OH excluding ortho intramolecular Hbond substituents is 1. The van der Waals surface area contributed by atoms with E-state index in [9.17, 15) is 25.1 Å². The molecule has 5 aliphatic rings. The second-order valence-corrected chi connectivity index (χ2v) is 11.6. The standard InChI is InChI=1S/C29H31N3O6/c33-22-8-7-19-15-23-29(35)11-10-21(30-24(34)9-6-17-2-1-3-20(14-17)32(36)37)27-28(29,25(19)26(22)38-27)12-13-31(23)16-18-4-5-18/h1-3,6-9,14,18,21,23,27,33,35H,4-5,10-13,15-16H2,(H,30,34)/b9-6+/t21-,23-,27+,28+,29-/m1/s1. The number of nitrogens with zero attached hydrogens (tertiary/aromatic N) is 2. The van der Waals surface area contributed by atoms with Gasteiger partial charge in [0.25, 0.3) is 5.69 Å². The highest BCUT2D eigenvalue weighted by atomic mass is 16.6. The van der Waals surface area contributed by atoms with E-state index in [0.29, 0.717) is 36.5 Å². The van der Waals surface area contributed by atoms with Gasteiger partial charge in [-0.3, -0.25) is 19.8 Å². The molecule has 1 spiro atoms. The third kappa shape index (κ3) is 3.34. The maximum Gasteiger partial charge on any atom is 0.270 e. The molecule has 0 aromatic heterocycles. The molecular formula is C29H31N3O6. The highest BCUT2D eigenvalue weighted by Crippen LogP contribution is 2.65. The quantitative estimate of drug-likeness (QED) is 0.306. The van der Waals surface area contributed by atoms with E-state index in [1.165, 1.54) is 31.1 Å². The van der Waals surface area contributed by atoms with Crippen LogP contribution in [0.15, 0.2) is 42.5 Å². The number of nitrogens with one attached hydrogen (secondary N) is 1. The first-order valence-corrected chi connectivity index (χ1v) is 13.5. The Morgan fingerprint density at radius 3 is 2.87 bits per heavy atom. The van der Waals surface area contributed by atoms with Crippen molar-refractivity contribution in [3.63, 3.8) is 0 Å². The normalized spacial score (nSPS) is 33.0.